The highest BCUT2D eigenvalue weighted by Crippen LogP contribution is 2.35. The van der Waals surface area contributed by atoms with Crippen molar-refractivity contribution in [3.63, 3.8) is 0 Å². The van der Waals surface area contributed by atoms with E-state index in [4.69, 9.17) is 4.42 Å². The lowest BCUT2D eigenvalue weighted by molar-refractivity contribution is 0.112. The van der Waals surface area contributed by atoms with Gasteiger partial charge in [0.25, 0.3) is 0 Å². The molecule has 1 heterocycles. The number of hydrogen-bond donors (Lipinski definition) is 1. The molecule has 0 aliphatic carbocycles. The van der Waals surface area contributed by atoms with Crippen LogP contribution in [0.2, 0.25) is 0 Å². The molecule has 0 saturated heterocycles. The van der Waals surface area contributed by atoms with Crippen molar-refractivity contribution in [2.24, 2.45) is 0 Å². The minimum atomic E-state index is -0.0519. The second-order valence-electron chi connectivity index (χ2n) is 2.58. The number of phenolic OH excluding ortho intramolecular Hbond substituents is 1. The second-order valence-corrected chi connectivity index (χ2v) is 3.37. The van der Waals surface area contributed by atoms with Crippen LogP contribution in [0.1, 0.15) is 10.4 Å². The summed E-state index contributed by atoms with van der Waals surface area (Å²) in [5.74, 6) is -0.0519. The zero-order valence-corrected chi connectivity index (χ0v) is 8.04. The number of carbonyl (C=O) groups is 1. The largest absolute Gasteiger partial charge is 0.506 e. The number of benzene rings is 1. The highest BCUT2D eigenvalue weighted by Gasteiger charge is 2.11. The molecular weight excluding hydrogens is 236 g/mol. The first-order valence-electron chi connectivity index (χ1n) is 3.58. The summed E-state index contributed by atoms with van der Waals surface area (Å²) in [5.41, 5.74) is 0.793. The Morgan fingerprint density at radius 1 is 1.54 bits per heavy atom. The Kier molecular flexibility index (Phi) is 1.84. The van der Waals surface area contributed by atoms with Crippen molar-refractivity contribution in [2.45, 2.75) is 0 Å². The van der Waals surface area contributed by atoms with Crippen LogP contribution >= 0.6 is 15.9 Å². The molecule has 0 aliphatic heterocycles. The maximum Gasteiger partial charge on any atom is 0.153 e. The van der Waals surface area contributed by atoms with Gasteiger partial charge in [-0.2, -0.15) is 0 Å². The fourth-order valence-corrected chi connectivity index (χ4v) is 1.72. The van der Waals surface area contributed by atoms with E-state index in [1.807, 2.05) is 0 Å². The van der Waals surface area contributed by atoms with E-state index in [2.05, 4.69) is 15.9 Å². The summed E-state index contributed by atoms with van der Waals surface area (Å²) in [6, 6.07) is 3.22. The van der Waals surface area contributed by atoms with Crippen LogP contribution in [0.25, 0.3) is 11.0 Å². The molecule has 0 bridgehead atoms. The number of carbonyl (C=O) groups excluding carboxylic acids is 1. The molecule has 0 radical (unpaired) electrons. The lowest BCUT2D eigenvalue weighted by Gasteiger charge is -2.00. The van der Waals surface area contributed by atoms with Crippen LogP contribution in [0.5, 0.6) is 5.75 Å². The predicted molar refractivity (Wildman–Crippen MR) is 51.0 cm³/mol. The molecule has 2 rings (SSSR count). The van der Waals surface area contributed by atoms with Crippen LogP contribution in [-0.4, -0.2) is 11.4 Å². The minimum Gasteiger partial charge on any atom is -0.506 e. The molecule has 0 spiro atoms. The Labute approximate surface area is 82.1 Å². The number of aromatic hydroxyl groups is 1. The first-order chi connectivity index (χ1) is 6.24. The normalized spacial score (nSPS) is 10.5. The van der Waals surface area contributed by atoms with Crippen LogP contribution in [0.4, 0.5) is 0 Å². The van der Waals surface area contributed by atoms with Crippen molar-refractivity contribution < 1.29 is 14.3 Å². The quantitative estimate of drug-likeness (QED) is 0.781. The summed E-state index contributed by atoms with van der Waals surface area (Å²) in [7, 11) is 0. The molecule has 1 aromatic carbocycles. The number of halogens is 1. The third-order valence-electron chi connectivity index (χ3n) is 1.83. The molecule has 0 amide bonds. The average Bonchev–Trinajstić information content (AvgIpc) is 2.59. The Bertz CT molecular complexity index is 473. The summed E-state index contributed by atoms with van der Waals surface area (Å²) >= 11 is 3.18. The van der Waals surface area contributed by atoms with E-state index in [-0.39, 0.29) is 11.3 Å². The molecule has 2 aromatic rings. The van der Waals surface area contributed by atoms with Crippen LogP contribution in [0, 0.1) is 0 Å². The van der Waals surface area contributed by atoms with Crippen molar-refractivity contribution in [3.05, 3.63) is 28.4 Å². The molecule has 0 fully saturated rings. The van der Waals surface area contributed by atoms with E-state index < -0.39 is 0 Å². The van der Waals surface area contributed by atoms with Crippen LogP contribution in [0.3, 0.4) is 0 Å². The molecule has 3 nitrogen and oxygen atoms in total. The number of phenols is 1. The van der Waals surface area contributed by atoms with Gasteiger partial charge in [-0.05, 0) is 28.1 Å². The minimum absolute atomic E-state index is 0.0519. The van der Waals surface area contributed by atoms with E-state index in [1.165, 1.54) is 12.3 Å². The smallest absolute Gasteiger partial charge is 0.153 e. The van der Waals surface area contributed by atoms with Crippen LogP contribution in [0.15, 0.2) is 27.3 Å². The van der Waals surface area contributed by atoms with Gasteiger partial charge in [-0.1, -0.05) is 0 Å². The Hall–Kier alpha value is -1.29. The third-order valence-corrected chi connectivity index (χ3v) is 2.63. The Morgan fingerprint density at radius 3 is 3.00 bits per heavy atom. The van der Waals surface area contributed by atoms with Gasteiger partial charge >= 0.3 is 0 Å². The zero-order chi connectivity index (χ0) is 9.42. The Morgan fingerprint density at radius 2 is 2.31 bits per heavy atom. The van der Waals surface area contributed by atoms with Gasteiger partial charge in [-0.3, -0.25) is 4.79 Å². The molecule has 0 atom stereocenters. The molecule has 1 aromatic heterocycles. The molecule has 0 saturated carbocycles. The standard InChI is InChI=1S/C9H5BrO3/c10-8-6-1-2-13-7(6)3-5(4-11)9(8)12/h1-4,12H. The molecule has 0 aliphatic rings. The molecule has 0 unspecified atom stereocenters. The summed E-state index contributed by atoms with van der Waals surface area (Å²) in [5, 5.41) is 10.2. The summed E-state index contributed by atoms with van der Waals surface area (Å²) in [6.07, 6.45) is 2.09. The first-order valence-corrected chi connectivity index (χ1v) is 4.37. The molecule has 1 N–H and O–H groups in total. The van der Waals surface area contributed by atoms with Gasteiger partial charge in [0.15, 0.2) is 6.29 Å². The van der Waals surface area contributed by atoms with Gasteiger partial charge in [-0.15, -0.1) is 0 Å². The highest BCUT2D eigenvalue weighted by molar-refractivity contribution is 9.10. The number of furan rings is 1. The monoisotopic (exact) mass is 240 g/mol. The molecular formula is C9H5BrO3. The maximum absolute atomic E-state index is 10.5. The van der Waals surface area contributed by atoms with E-state index in [1.54, 1.807) is 6.07 Å². The maximum atomic E-state index is 10.5. The lowest BCUT2D eigenvalue weighted by atomic mass is 10.1. The molecule has 13 heavy (non-hydrogen) atoms. The van der Waals surface area contributed by atoms with E-state index in [0.717, 1.165) is 5.39 Å². The van der Waals surface area contributed by atoms with E-state index in [0.29, 0.717) is 16.3 Å². The summed E-state index contributed by atoms with van der Waals surface area (Å²) < 4.78 is 5.58. The SMILES string of the molecule is O=Cc1cc2occc2c(Br)c1O. The number of aldehydes is 1. The predicted octanol–water partition coefficient (Wildman–Crippen LogP) is 2.71. The number of hydrogen-bond acceptors (Lipinski definition) is 3. The van der Waals surface area contributed by atoms with E-state index in [9.17, 15) is 9.90 Å². The van der Waals surface area contributed by atoms with E-state index >= 15 is 0 Å². The molecule has 66 valence electrons. The van der Waals surface area contributed by atoms with Gasteiger partial charge in [0.05, 0.1) is 16.3 Å². The van der Waals surface area contributed by atoms with Crippen molar-refractivity contribution in [1.29, 1.82) is 0 Å². The van der Waals surface area contributed by atoms with Gasteiger partial charge in [0.2, 0.25) is 0 Å². The van der Waals surface area contributed by atoms with Crippen molar-refractivity contribution >= 4 is 33.2 Å². The zero-order valence-electron chi connectivity index (χ0n) is 6.45. The fraction of sp³-hybridized carbons (Fsp3) is 0. The van der Waals surface area contributed by atoms with Gasteiger partial charge in [-0.25, -0.2) is 0 Å². The number of fused-ring (bicyclic) bond motifs is 1. The van der Waals surface area contributed by atoms with Crippen molar-refractivity contribution in [1.82, 2.24) is 0 Å². The first kappa shape index (κ1) is 8.31. The van der Waals surface area contributed by atoms with Crippen LogP contribution < -0.4 is 0 Å². The summed E-state index contributed by atoms with van der Waals surface area (Å²) in [4.78, 5) is 10.5. The summed E-state index contributed by atoms with van der Waals surface area (Å²) in [6.45, 7) is 0. The second kappa shape index (κ2) is 2.88. The Balaban J connectivity index is 2.91. The fourth-order valence-electron chi connectivity index (χ4n) is 1.17. The van der Waals surface area contributed by atoms with Crippen molar-refractivity contribution in [3.8, 4) is 5.75 Å². The highest BCUT2D eigenvalue weighted by atomic mass is 79.9. The average molecular weight is 241 g/mol. The topological polar surface area (TPSA) is 50.4 Å². The van der Waals surface area contributed by atoms with Gasteiger partial charge < -0.3 is 9.52 Å². The number of rotatable bonds is 1. The van der Waals surface area contributed by atoms with Crippen LogP contribution in [-0.2, 0) is 0 Å². The van der Waals surface area contributed by atoms with Crippen molar-refractivity contribution in [2.75, 3.05) is 0 Å². The lowest BCUT2D eigenvalue weighted by Crippen LogP contribution is -1.82. The van der Waals surface area contributed by atoms with Gasteiger partial charge in [0.1, 0.15) is 11.3 Å². The third kappa shape index (κ3) is 1.14. The molecule has 4 heteroatoms. The van der Waals surface area contributed by atoms with Gasteiger partial charge in [0, 0.05) is 5.39 Å².